The van der Waals surface area contributed by atoms with Gasteiger partial charge >= 0.3 is 0 Å². The van der Waals surface area contributed by atoms with E-state index in [9.17, 15) is 13.6 Å². The lowest BCUT2D eigenvalue weighted by Gasteiger charge is -2.07. The van der Waals surface area contributed by atoms with Gasteiger partial charge in [-0.25, -0.2) is 18.7 Å². The van der Waals surface area contributed by atoms with Crippen LogP contribution in [0.15, 0.2) is 53.4 Å². The second kappa shape index (κ2) is 9.00. The van der Waals surface area contributed by atoms with Gasteiger partial charge in [-0.05, 0) is 23.7 Å². The number of halogens is 3. The average molecular weight is 445 g/mol. The molecule has 4 rings (SSSR count). The predicted molar refractivity (Wildman–Crippen MR) is 108 cm³/mol. The molecule has 0 unspecified atom stereocenters. The molecule has 3 heterocycles. The summed E-state index contributed by atoms with van der Waals surface area (Å²) in [6, 6.07) is 9.63. The van der Waals surface area contributed by atoms with Gasteiger partial charge in [0.25, 0.3) is 0 Å². The van der Waals surface area contributed by atoms with Crippen molar-refractivity contribution in [2.75, 3.05) is 11.9 Å². The van der Waals surface area contributed by atoms with E-state index < -0.39 is 11.1 Å². The molecule has 31 heavy (non-hydrogen) atoms. The first kappa shape index (κ1) is 20.6. The van der Waals surface area contributed by atoms with E-state index in [1.54, 1.807) is 30.3 Å². The minimum absolute atomic E-state index is 0.00784. The molecular weight excluding hydrogens is 430 g/mol. The molecule has 0 aliphatic carbocycles. The largest absolute Gasteiger partial charge is 0.367 e. The Balaban J connectivity index is 1.69. The highest BCUT2D eigenvalue weighted by Gasteiger charge is 2.18. The second-order valence-corrected chi connectivity index (χ2v) is 6.89. The zero-order valence-corrected chi connectivity index (χ0v) is 16.7. The highest BCUT2D eigenvalue weighted by atomic mass is 35.5. The summed E-state index contributed by atoms with van der Waals surface area (Å²) >= 11 is 5.30. The first-order valence-electron chi connectivity index (χ1n) is 9.18. The SMILES string of the molecule is O=C(Cl)CCNc1nc(-c2cc(-c3ccon3)n(Cc3ccccc3F)n2)ncc1F. The predicted octanol–water partition coefficient (Wildman–Crippen LogP) is 3.89. The Labute approximate surface area is 179 Å². The molecule has 3 aromatic heterocycles. The summed E-state index contributed by atoms with van der Waals surface area (Å²) in [4.78, 5) is 19.0. The Kier molecular flexibility index (Phi) is 5.99. The average Bonchev–Trinajstić information content (AvgIpc) is 3.41. The Hall–Kier alpha value is -3.66. The van der Waals surface area contributed by atoms with Crippen LogP contribution in [0.3, 0.4) is 0 Å². The Bertz CT molecular complexity index is 1210. The van der Waals surface area contributed by atoms with E-state index in [-0.39, 0.29) is 37.0 Å². The molecular formula is C20H15ClF2N6O2. The molecule has 8 nitrogen and oxygen atoms in total. The summed E-state index contributed by atoms with van der Waals surface area (Å²) in [6.07, 6.45) is 2.41. The Morgan fingerprint density at radius 1 is 1.16 bits per heavy atom. The first-order chi connectivity index (χ1) is 15.0. The third-order valence-electron chi connectivity index (χ3n) is 4.35. The van der Waals surface area contributed by atoms with Crippen molar-refractivity contribution in [1.82, 2.24) is 24.9 Å². The second-order valence-electron chi connectivity index (χ2n) is 6.47. The van der Waals surface area contributed by atoms with Crippen LogP contribution in [0.4, 0.5) is 14.6 Å². The van der Waals surface area contributed by atoms with Gasteiger partial charge in [0.1, 0.15) is 23.5 Å². The van der Waals surface area contributed by atoms with Gasteiger partial charge in [-0.2, -0.15) is 5.10 Å². The summed E-state index contributed by atoms with van der Waals surface area (Å²) in [5.41, 5.74) is 1.78. The molecule has 0 atom stereocenters. The van der Waals surface area contributed by atoms with Crippen molar-refractivity contribution in [2.24, 2.45) is 0 Å². The van der Waals surface area contributed by atoms with Crippen LogP contribution < -0.4 is 5.32 Å². The molecule has 0 fully saturated rings. The number of nitrogens with zero attached hydrogens (tertiary/aromatic N) is 5. The number of aromatic nitrogens is 5. The topological polar surface area (TPSA) is 98.7 Å². The zero-order valence-electron chi connectivity index (χ0n) is 15.9. The number of nitrogens with one attached hydrogen (secondary N) is 1. The van der Waals surface area contributed by atoms with E-state index in [1.165, 1.54) is 17.0 Å². The van der Waals surface area contributed by atoms with Gasteiger partial charge in [-0.15, -0.1) is 0 Å². The summed E-state index contributed by atoms with van der Waals surface area (Å²) in [5.74, 6) is -1.01. The standard InChI is InChI=1S/C20H15ClF2N6O2/c21-18(30)5-7-24-19-14(23)10-25-20(26-19)16-9-17(15-6-8-31-28-15)29(27-16)11-12-3-1-2-4-13(12)22/h1-4,6,8-10H,5,7,11H2,(H,24,25,26). The van der Waals surface area contributed by atoms with Crippen LogP contribution in [0, 0.1) is 11.6 Å². The quantitative estimate of drug-likeness (QED) is 0.411. The minimum atomic E-state index is -0.687. The Morgan fingerprint density at radius 3 is 2.74 bits per heavy atom. The van der Waals surface area contributed by atoms with Crippen molar-refractivity contribution in [3.63, 3.8) is 0 Å². The van der Waals surface area contributed by atoms with Crippen LogP contribution in [0.25, 0.3) is 22.9 Å². The number of rotatable bonds is 8. The third kappa shape index (κ3) is 4.75. The highest BCUT2D eigenvalue weighted by molar-refractivity contribution is 6.63. The smallest absolute Gasteiger partial charge is 0.223 e. The van der Waals surface area contributed by atoms with Gasteiger partial charge in [-0.3, -0.25) is 9.48 Å². The lowest BCUT2D eigenvalue weighted by molar-refractivity contribution is -0.111. The molecule has 0 saturated carbocycles. The van der Waals surface area contributed by atoms with Crippen molar-refractivity contribution in [1.29, 1.82) is 0 Å². The molecule has 4 aromatic rings. The zero-order chi connectivity index (χ0) is 21.8. The van der Waals surface area contributed by atoms with Crippen molar-refractivity contribution in [3.8, 4) is 22.9 Å². The number of benzene rings is 1. The molecule has 158 valence electrons. The first-order valence-corrected chi connectivity index (χ1v) is 9.56. The summed E-state index contributed by atoms with van der Waals surface area (Å²) < 4.78 is 34.7. The van der Waals surface area contributed by atoms with Crippen LogP contribution >= 0.6 is 11.6 Å². The summed E-state index contributed by atoms with van der Waals surface area (Å²) in [7, 11) is 0. The molecule has 0 aliphatic rings. The van der Waals surface area contributed by atoms with Crippen LogP contribution in [0.1, 0.15) is 12.0 Å². The van der Waals surface area contributed by atoms with Crippen molar-refractivity contribution < 1.29 is 18.1 Å². The molecule has 0 bridgehead atoms. The molecule has 0 radical (unpaired) electrons. The van der Waals surface area contributed by atoms with E-state index in [1.807, 2.05) is 0 Å². The van der Waals surface area contributed by atoms with Gasteiger partial charge in [0.05, 0.1) is 18.4 Å². The maximum atomic E-state index is 14.2. The van der Waals surface area contributed by atoms with Crippen molar-refractivity contribution >= 4 is 22.7 Å². The summed E-state index contributed by atoms with van der Waals surface area (Å²) in [5, 5.41) is 10.5. The number of hydrogen-bond acceptors (Lipinski definition) is 7. The number of hydrogen-bond donors (Lipinski definition) is 1. The minimum Gasteiger partial charge on any atom is -0.367 e. The fourth-order valence-electron chi connectivity index (χ4n) is 2.88. The maximum Gasteiger partial charge on any atom is 0.223 e. The van der Waals surface area contributed by atoms with Crippen molar-refractivity contribution in [3.05, 3.63) is 66.1 Å². The third-order valence-corrected chi connectivity index (χ3v) is 4.53. The molecule has 0 amide bonds. The Morgan fingerprint density at radius 2 is 2.00 bits per heavy atom. The van der Waals surface area contributed by atoms with Crippen molar-refractivity contribution in [2.45, 2.75) is 13.0 Å². The van der Waals surface area contributed by atoms with Gasteiger partial charge in [-0.1, -0.05) is 23.4 Å². The van der Waals surface area contributed by atoms with E-state index in [2.05, 4.69) is 25.5 Å². The van der Waals surface area contributed by atoms with Crippen LogP contribution in [-0.2, 0) is 11.3 Å². The molecule has 1 N–H and O–H groups in total. The van der Waals surface area contributed by atoms with E-state index in [4.69, 9.17) is 16.1 Å². The fraction of sp³-hybridized carbons (Fsp3) is 0.150. The van der Waals surface area contributed by atoms with Crippen LogP contribution in [0.2, 0.25) is 0 Å². The molecule has 0 spiro atoms. The lowest BCUT2D eigenvalue weighted by Crippen LogP contribution is -2.09. The van der Waals surface area contributed by atoms with E-state index in [0.717, 1.165) is 6.20 Å². The number of anilines is 1. The summed E-state index contributed by atoms with van der Waals surface area (Å²) in [6.45, 7) is 0.237. The maximum absolute atomic E-state index is 14.2. The monoisotopic (exact) mass is 444 g/mol. The molecule has 0 aliphatic heterocycles. The normalized spacial score (nSPS) is 10.9. The number of carbonyl (C=O) groups excluding carboxylic acids is 1. The van der Waals surface area contributed by atoms with Gasteiger partial charge in [0.15, 0.2) is 17.5 Å². The number of carbonyl (C=O) groups is 1. The van der Waals surface area contributed by atoms with Gasteiger partial charge in [0, 0.05) is 24.6 Å². The fourth-order valence-corrected chi connectivity index (χ4v) is 2.97. The highest BCUT2D eigenvalue weighted by Crippen LogP contribution is 2.26. The molecule has 0 saturated heterocycles. The lowest BCUT2D eigenvalue weighted by atomic mass is 10.2. The van der Waals surface area contributed by atoms with Gasteiger partial charge in [0.2, 0.25) is 5.24 Å². The van der Waals surface area contributed by atoms with E-state index >= 15 is 0 Å². The van der Waals surface area contributed by atoms with Gasteiger partial charge < -0.3 is 9.84 Å². The van der Waals surface area contributed by atoms with E-state index in [0.29, 0.717) is 22.6 Å². The molecule has 11 heteroatoms. The van der Waals surface area contributed by atoms with Crippen LogP contribution in [-0.4, -0.2) is 36.7 Å². The van der Waals surface area contributed by atoms with Crippen LogP contribution in [0.5, 0.6) is 0 Å². The molecule has 1 aromatic carbocycles.